The van der Waals surface area contributed by atoms with Crippen molar-refractivity contribution >= 4 is 17.7 Å². The molecule has 0 spiro atoms. The van der Waals surface area contributed by atoms with Crippen molar-refractivity contribution in [2.24, 2.45) is 0 Å². The van der Waals surface area contributed by atoms with Gasteiger partial charge in [0.05, 0.1) is 11.6 Å². The number of amides is 1. The highest BCUT2D eigenvalue weighted by Crippen LogP contribution is 2.36. The van der Waals surface area contributed by atoms with E-state index in [-0.39, 0.29) is 29.1 Å². The Bertz CT molecular complexity index is 809. The highest BCUT2D eigenvalue weighted by atomic mass is 32.2. The first-order valence-electron chi connectivity index (χ1n) is 7.57. The van der Waals surface area contributed by atoms with Crippen LogP contribution in [0.4, 0.5) is 13.2 Å². The molecule has 2 rings (SSSR count). The van der Waals surface area contributed by atoms with Gasteiger partial charge in [0.2, 0.25) is 0 Å². The molecule has 0 unspecified atom stereocenters. The van der Waals surface area contributed by atoms with Gasteiger partial charge in [-0.2, -0.15) is 18.4 Å². The molecule has 0 aliphatic rings. The Balaban J connectivity index is 2.14. The Labute approximate surface area is 153 Å². The zero-order valence-corrected chi connectivity index (χ0v) is 14.5. The Kier molecular flexibility index (Phi) is 6.47. The first kappa shape index (κ1) is 19.6. The van der Waals surface area contributed by atoms with Gasteiger partial charge in [-0.15, -0.1) is 6.58 Å². The minimum atomic E-state index is -4.37. The Morgan fingerprint density at radius 2 is 1.77 bits per heavy atom. The third kappa shape index (κ3) is 5.67. The maximum absolute atomic E-state index is 12.7. The molecular weight excluding hydrogens is 361 g/mol. The number of hydrogen-bond acceptors (Lipinski definition) is 3. The summed E-state index contributed by atoms with van der Waals surface area (Å²) in [5.41, 5.74) is -2.71. The van der Waals surface area contributed by atoms with E-state index in [1.165, 1.54) is 29.2 Å². The molecule has 0 aliphatic carbocycles. The summed E-state index contributed by atoms with van der Waals surface area (Å²) in [6, 6.07) is 14.2. The lowest BCUT2D eigenvalue weighted by molar-refractivity contribution is -0.0328. The normalized spacial score (nSPS) is 10.8. The fraction of sp³-hybridized carbons (Fsp3) is 0.158. The quantitative estimate of drug-likeness (QED) is 0.526. The van der Waals surface area contributed by atoms with Gasteiger partial charge in [0.25, 0.3) is 5.91 Å². The molecular formula is C19H15F3N2OS. The number of nitriles is 1. The summed E-state index contributed by atoms with van der Waals surface area (Å²) in [5, 5.41) is 8.82. The second-order valence-electron chi connectivity index (χ2n) is 5.36. The van der Waals surface area contributed by atoms with Crippen LogP contribution in [0, 0.1) is 11.3 Å². The molecule has 26 heavy (non-hydrogen) atoms. The molecule has 0 aromatic heterocycles. The number of nitrogens with zero attached hydrogens (tertiary/aromatic N) is 2. The van der Waals surface area contributed by atoms with Crippen LogP contribution in [-0.4, -0.2) is 22.9 Å². The van der Waals surface area contributed by atoms with Crippen molar-refractivity contribution in [2.45, 2.75) is 16.9 Å². The molecule has 0 aliphatic heterocycles. The average molecular weight is 376 g/mol. The van der Waals surface area contributed by atoms with Crippen molar-refractivity contribution in [1.82, 2.24) is 4.90 Å². The lowest BCUT2D eigenvalue weighted by atomic mass is 10.1. The lowest BCUT2D eigenvalue weighted by Gasteiger charge is -2.21. The molecule has 0 radical (unpaired) electrons. The predicted molar refractivity (Wildman–Crippen MR) is 94.4 cm³/mol. The topological polar surface area (TPSA) is 44.1 Å². The van der Waals surface area contributed by atoms with E-state index in [9.17, 15) is 18.0 Å². The van der Waals surface area contributed by atoms with E-state index in [0.29, 0.717) is 17.7 Å². The van der Waals surface area contributed by atoms with E-state index in [0.717, 1.165) is 5.56 Å². The summed E-state index contributed by atoms with van der Waals surface area (Å²) in [4.78, 5) is 14.2. The minimum Gasteiger partial charge on any atom is -0.331 e. The lowest BCUT2D eigenvalue weighted by Crippen LogP contribution is -2.30. The van der Waals surface area contributed by atoms with Crippen LogP contribution in [0.25, 0.3) is 0 Å². The second kappa shape index (κ2) is 8.59. The number of rotatable bonds is 6. The van der Waals surface area contributed by atoms with Crippen LogP contribution in [0.3, 0.4) is 0 Å². The maximum atomic E-state index is 12.7. The van der Waals surface area contributed by atoms with E-state index in [4.69, 9.17) is 5.26 Å². The largest absolute Gasteiger partial charge is 0.446 e. The first-order chi connectivity index (χ1) is 12.3. The van der Waals surface area contributed by atoms with Gasteiger partial charge < -0.3 is 4.90 Å². The molecule has 0 fully saturated rings. The smallest absolute Gasteiger partial charge is 0.331 e. The summed E-state index contributed by atoms with van der Waals surface area (Å²) >= 11 is -0.222. The average Bonchev–Trinajstić information content (AvgIpc) is 2.61. The van der Waals surface area contributed by atoms with Crippen molar-refractivity contribution in [3.63, 3.8) is 0 Å². The molecule has 0 atom stereocenters. The third-order valence-electron chi connectivity index (χ3n) is 3.43. The number of carbonyl (C=O) groups excluding carboxylic acids is 1. The SMILES string of the molecule is C=CCN(Cc1ccc(C#N)cc1)C(=O)c1ccc(SC(F)(F)F)cc1. The van der Waals surface area contributed by atoms with Gasteiger partial charge in [-0.25, -0.2) is 0 Å². The molecule has 0 saturated heterocycles. The summed E-state index contributed by atoms with van der Waals surface area (Å²) < 4.78 is 37.1. The molecule has 2 aromatic rings. The van der Waals surface area contributed by atoms with Gasteiger partial charge in [-0.3, -0.25) is 4.79 Å². The highest BCUT2D eigenvalue weighted by molar-refractivity contribution is 8.00. The number of benzene rings is 2. The van der Waals surface area contributed by atoms with Crippen molar-refractivity contribution in [3.05, 3.63) is 77.9 Å². The Morgan fingerprint density at radius 3 is 2.27 bits per heavy atom. The number of carbonyl (C=O) groups is 1. The van der Waals surface area contributed by atoms with Gasteiger partial charge in [-0.1, -0.05) is 18.2 Å². The second-order valence-corrected chi connectivity index (χ2v) is 6.49. The Morgan fingerprint density at radius 1 is 1.15 bits per heavy atom. The van der Waals surface area contributed by atoms with E-state index < -0.39 is 5.51 Å². The zero-order valence-electron chi connectivity index (χ0n) is 13.7. The molecule has 3 nitrogen and oxygen atoms in total. The molecule has 1 amide bonds. The van der Waals surface area contributed by atoms with Crippen LogP contribution >= 0.6 is 11.8 Å². The molecule has 134 valence electrons. The van der Waals surface area contributed by atoms with Gasteiger partial charge in [0.15, 0.2) is 0 Å². The van der Waals surface area contributed by atoms with Gasteiger partial charge >= 0.3 is 5.51 Å². The van der Waals surface area contributed by atoms with E-state index in [1.54, 1.807) is 30.3 Å². The number of alkyl halides is 3. The van der Waals surface area contributed by atoms with E-state index in [2.05, 4.69) is 6.58 Å². The number of hydrogen-bond donors (Lipinski definition) is 0. The predicted octanol–water partition coefficient (Wildman–Crippen LogP) is 5.00. The van der Waals surface area contributed by atoms with Crippen molar-refractivity contribution < 1.29 is 18.0 Å². The summed E-state index contributed by atoms with van der Waals surface area (Å²) in [6.07, 6.45) is 1.58. The van der Waals surface area contributed by atoms with Crippen LogP contribution in [0.5, 0.6) is 0 Å². The van der Waals surface area contributed by atoms with Crippen LogP contribution in [0.2, 0.25) is 0 Å². The standard InChI is InChI=1S/C19H15F3N2OS/c1-2-11-24(13-15-5-3-14(12-23)4-6-15)18(25)16-7-9-17(10-8-16)26-19(20,21)22/h2-10H,1,11,13H2. The van der Waals surface area contributed by atoms with Gasteiger partial charge in [0, 0.05) is 23.5 Å². The van der Waals surface area contributed by atoms with Crippen LogP contribution in [0.15, 0.2) is 66.1 Å². The molecule has 0 heterocycles. The Hall–Kier alpha value is -2.72. The molecule has 7 heteroatoms. The summed E-state index contributed by atoms with van der Waals surface area (Å²) in [5.74, 6) is -0.308. The zero-order chi connectivity index (χ0) is 19.2. The summed E-state index contributed by atoms with van der Waals surface area (Å²) in [7, 11) is 0. The van der Waals surface area contributed by atoms with E-state index >= 15 is 0 Å². The van der Waals surface area contributed by atoms with E-state index in [1.807, 2.05) is 6.07 Å². The van der Waals surface area contributed by atoms with Gasteiger partial charge in [0.1, 0.15) is 0 Å². The number of halogens is 3. The molecule has 0 saturated carbocycles. The van der Waals surface area contributed by atoms with Crippen LogP contribution in [-0.2, 0) is 6.54 Å². The van der Waals surface area contributed by atoms with Crippen LogP contribution in [0.1, 0.15) is 21.5 Å². The minimum absolute atomic E-state index is 0.0245. The summed E-state index contributed by atoms with van der Waals surface area (Å²) in [6.45, 7) is 4.23. The fourth-order valence-corrected chi connectivity index (χ4v) is 2.80. The highest BCUT2D eigenvalue weighted by Gasteiger charge is 2.29. The number of thioether (sulfide) groups is 1. The molecule has 0 N–H and O–H groups in total. The van der Waals surface area contributed by atoms with Gasteiger partial charge in [-0.05, 0) is 53.7 Å². The van der Waals surface area contributed by atoms with Crippen molar-refractivity contribution in [3.8, 4) is 6.07 Å². The van der Waals surface area contributed by atoms with Crippen molar-refractivity contribution in [2.75, 3.05) is 6.54 Å². The van der Waals surface area contributed by atoms with Crippen molar-refractivity contribution in [1.29, 1.82) is 5.26 Å². The molecule has 2 aromatic carbocycles. The maximum Gasteiger partial charge on any atom is 0.446 e. The fourth-order valence-electron chi connectivity index (χ4n) is 2.26. The third-order valence-corrected chi connectivity index (χ3v) is 4.17. The first-order valence-corrected chi connectivity index (χ1v) is 8.39. The molecule has 0 bridgehead atoms. The van der Waals surface area contributed by atoms with Crippen LogP contribution < -0.4 is 0 Å². The monoisotopic (exact) mass is 376 g/mol.